The molecule has 1 aromatic heterocycles. The van der Waals surface area contributed by atoms with E-state index in [0.29, 0.717) is 40.9 Å². The highest BCUT2D eigenvalue weighted by Crippen LogP contribution is 2.26. The van der Waals surface area contributed by atoms with Gasteiger partial charge in [0.1, 0.15) is 29.3 Å². The Morgan fingerprint density at radius 1 is 0.771 bits per heavy atom. The molecule has 0 bridgehead atoms. The SMILES string of the molecule is COc1ccc(Oc2cc(-c3ccc(C(=O)NCc4cc(OC)ccc4OC)cc3)ncn2)cc1. The fourth-order valence-electron chi connectivity index (χ4n) is 3.41. The molecule has 4 rings (SSSR count). The molecule has 0 aliphatic rings. The minimum atomic E-state index is -0.201. The molecule has 35 heavy (non-hydrogen) atoms. The predicted molar refractivity (Wildman–Crippen MR) is 131 cm³/mol. The number of carbonyl (C=O) groups is 1. The summed E-state index contributed by atoms with van der Waals surface area (Å²) in [5, 5.41) is 2.92. The second-order valence-electron chi connectivity index (χ2n) is 7.46. The Labute approximate surface area is 203 Å². The lowest BCUT2D eigenvalue weighted by Gasteiger charge is -2.12. The summed E-state index contributed by atoms with van der Waals surface area (Å²) in [7, 11) is 4.79. The average molecular weight is 472 g/mol. The van der Waals surface area contributed by atoms with Crippen LogP contribution in [-0.4, -0.2) is 37.2 Å². The number of rotatable bonds is 9. The van der Waals surface area contributed by atoms with Gasteiger partial charge in [-0.25, -0.2) is 9.97 Å². The van der Waals surface area contributed by atoms with Crippen LogP contribution in [0.2, 0.25) is 0 Å². The molecule has 1 N–H and O–H groups in total. The van der Waals surface area contributed by atoms with Crippen molar-refractivity contribution in [3.63, 3.8) is 0 Å². The van der Waals surface area contributed by atoms with Crippen LogP contribution in [0.15, 0.2) is 79.1 Å². The van der Waals surface area contributed by atoms with Gasteiger partial charge in [-0.3, -0.25) is 4.79 Å². The van der Waals surface area contributed by atoms with Gasteiger partial charge in [-0.05, 0) is 54.6 Å². The Kier molecular flexibility index (Phi) is 7.42. The van der Waals surface area contributed by atoms with Gasteiger partial charge < -0.3 is 24.3 Å². The molecule has 0 saturated carbocycles. The van der Waals surface area contributed by atoms with Crippen molar-refractivity contribution in [1.29, 1.82) is 0 Å². The molecular formula is C27H25N3O5. The van der Waals surface area contributed by atoms with Crippen LogP contribution in [-0.2, 0) is 6.54 Å². The van der Waals surface area contributed by atoms with Crippen LogP contribution >= 0.6 is 0 Å². The van der Waals surface area contributed by atoms with Crippen molar-refractivity contribution in [3.05, 3.63) is 90.3 Å². The lowest BCUT2D eigenvalue weighted by Crippen LogP contribution is -2.23. The van der Waals surface area contributed by atoms with Gasteiger partial charge in [0.15, 0.2) is 0 Å². The van der Waals surface area contributed by atoms with Gasteiger partial charge >= 0.3 is 0 Å². The van der Waals surface area contributed by atoms with E-state index in [2.05, 4.69) is 15.3 Å². The van der Waals surface area contributed by atoms with Crippen molar-refractivity contribution in [1.82, 2.24) is 15.3 Å². The number of nitrogens with zero attached hydrogens (tertiary/aromatic N) is 2. The Bertz CT molecular complexity index is 1290. The summed E-state index contributed by atoms with van der Waals surface area (Å²) < 4.78 is 21.6. The molecule has 0 fully saturated rings. The van der Waals surface area contributed by atoms with Crippen molar-refractivity contribution >= 4 is 5.91 Å². The van der Waals surface area contributed by atoms with Crippen LogP contribution in [0.5, 0.6) is 28.9 Å². The molecule has 0 atom stereocenters. The van der Waals surface area contributed by atoms with Gasteiger partial charge in [-0.15, -0.1) is 0 Å². The fraction of sp³-hybridized carbons (Fsp3) is 0.148. The summed E-state index contributed by atoms with van der Waals surface area (Å²) in [5.74, 6) is 2.96. The van der Waals surface area contributed by atoms with Crippen molar-refractivity contribution in [2.75, 3.05) is 21.3 Å². The molecule has 0 saturated heterocycles. The topological polar surface area (TPSA) is 91.8 Å². The van der Waals surface area contributed by atoms with Gasteiger partial charge in [0.25, 0.3) is 5.91 Å². The molecule has 0 spiro atoms. The number of benzene rings is 3. The molecular weight excluding hydrogens is 446 g/mol. The first-order valence-electron chi connectivity index (χ1n) is 10.8. The van der Waals surface area contributed by atoms with E-state index in [1.165, 1.54) is 6.33 Å². The lowest BCUT2D eigenvalue weighted by molar-refractivity contribution is 0.0950. The third kappa shape index (κ3) is 5.86. The zero-order chi connectivity index (χ0) is 24.6. The second kappa shape index (κ2) is 11.0. The summed E-state index contributed by atoms with van der Waals surface area (Å²) >= 11 is 0. The first-order chi connectivity index (χ1) is 17.1. The van der Waals surface area contributed by atoms with Gasteiger partial charge in [0.2, 0.25) is 5.88 Å². The predicted octanol–water partition coefficient (Wildman–Crippen LogP) is 4.89. The van der Waals surface area contributed by atoms with Crippen LogP contribution < -0.4 is 24.3 Å². The zero-order valence-corrected chi connectivity index (χ0v) is 19.6. The highest BCUT2D eigenvalue weighted by molar-refractivity contribution is 5.94. The number of amides is 1. The molecule has 8 heteroatoms. The first-order valence-corrected chi connectivity index (χ1v) is 10.8. The van der Waals surface area contributed by atoms with Crippen molar-refractivity contribution in [2.24, 2.45) is 0 Å². The third-order valence-corrected chi connectivity index (χ3v) is 5.29. The number of hydrogen-bond donors (Lipinski definition) is 1. The molecule has 3 aromatic carbocycles. The fourth-order valence-corrected chi connectivity index (χ4v) is 3.41. The standard InChI is InChI=1S/C27H25N3O5/c1-32-21-8-10-22(11-9-21)35-26-15-24(29-17-30-26)18-4-6-19(7-5-18)27(31)28-16-20-14-23(33-2)12-13-25(20)34-3/h4-15,17H,16H2,1-3H3,(H,28,31). The van der Waals surface area contributed by atoms with Crippen LogP contribution in [0.25, 0.3) is 11.3 Å². The molecule has 4 aromatic rings. The second-order valence-corrected chi connectivity index (χ2v) is 7.46. The quantitative estimate of drug-likeness (QED) is 0.372. The highest BCUT2D eigenvalue weighted by atomic mass is 16.5. The van der Waals surface area contributed by atoms with E-state index < -0.39 is 0 Å². The largest absolute Gasteiger partial charge is 0.497 e. The van der Waals surface area contributed by atoms with Gasteiger partial charge in [-0.2, -0.15) is 0 Å². The van der Waals surface area contributed by atoms with Crippen molar-refractivity contribution in [3.8, 4) is 40.1 Å². The number of hydrogen-bond acceptors (Lipinski definition) is 7. The number of carbonyl (C=O) groups excluding carboxylic acids is 1. The van der Waals surface area contributed by atoms with E-state index in [0.717, 1.165) is 16.9 Å². The Morgan fingerprint density at radius 2 is 1.46 bits per heavy atom. The summed E-state index contributed by atoms with van der Waals surface area (Å²) in [6.45, 7) is 0.304. The Morgan fingerprint density at radius 3 is 2.14 bits per heavy atom. The van der Waals surface area contributed by atoms with E-state index in [-0.39, 0.29) is 5.91 Å². The third-order valence-electron chi connectivity index (χ3n) is 5.29. The Hall–Kier alpha value is -4.59. The number of aromatic nitrogens is 2. The monoisotopic (exact) mass is 471 g/mol. The molecule has 1 heterocycles. The number of methoxy groups -OCH3 is 3. The van der Waals surface area contributed by atoms with E-state index in [4.69, 9.17) is 18.9 Å². The van der Waals surface area contributed by atoms with Gasteiger partial charge in [-0.1, -0.05) is 12.1 Å². The van der Waals surface area contributed by atoms with Crippen LogP contribution in [0.3, 0.4) is 0 Å². The highest BCUT2D eigenvalue weighted by Gasteiger charge is 2.11. The number of nitrogens with one attached hydrogen (secondary N) is 1. The average Bonchev–Trinajstić information content (AvgIpc) is 2.92. The van der Waals surface area contributed by atoms with Crippen molar-refractivity contribution < 1.29 is 23.7 Å². The summed E-state index contributed by atoms with van der Waals surface area (Å²) in [4.78, 5) is 21.2. The zero-order valence-electron chi connectivity index (χ0n) is 19.6. The maximum absolute atomic E-state index is 12.7. The molecule has 8 nitrogen and oxygen atoms in total. The lowest BCUT2D eigenvalue weighted by atomic mass is 10.1. The molecule has 0 aliphatic carbocycles. The van der Waals surface area contributed by atoms with Crippen LogP contribution in [0, 0.1) is 0 Å². The maximum atomic E-state index is 12.7. The first kappa shape index (κ1) is 23.6. The Balaban J connectivity index is 1.42. The summed E-state index contributed by atoms with van der Waals surface area (Å²) in [6.07, 6.45) is 1.44. The van der Waals surface area contributed by atoms with Crippen molar-refractivity contribution in [2.45, 2.75) is 6.54 Å². The smallest absolute Gasteiger partial charge is 0.251 e. The minimum Gasteiger partial charge on any atom is -0.497 e. The van der Waals surface area contributed by atoms with E-state index in [1.54, 1.807) is 51.7 Å². The molecule has 0 aliphatic heterocycles. The summed E-state index contributed by atoms with van der Waals surface area (Å²) in [5.41, 5.74) is 2.86. The molecule has 178 valence electrons. The van der Waals surface area contributed by atoms with Crippen LogP contribution in [0.1, 0.15) is 15.9 Å². The minimum absolute atomic E-state index is 0.201. The summed E-state index contributed by atoms with van der Waals surface area (Å²) in [6, 6.07) is 21.6. The normalized spacial score (nSPS) is 10.4. The van der Waals surface area contributed by atoms with Gasteiger partial charge in [0, 0.05) is 29.3 Å². The van der Waals surface area contributed by atoms with Gasteiger partial charge in [0.05, 0.1) is 27.0 Å². The van der Waals surface area contributed by atoms with E-state index >= 15 is 0 Å². The van der Waals surface area contributed by atoms with E-state index in [9.17, 15) is 4.79 Å². The van der Waals surface area contributed by atoms with E-state index in [1.807, 2.05) is 42.5 Å². The molecule has 0 radical (unpaired) electrons. The van der Waals surface area contributed by atoms with Crippen LogP contribution in [0.4, 0.5) is 0 Å². The maximum Gasteiger partial charge on any atom is 0.251 e. The number of ether oxygens (including phenoxy) is 4. The molecule has 1 amide bonds. The molecule has 0 unspecified atom stereocenters.